The van der Waals surface area contributed by atoms with Crippen molar-refractivity contribution in [1.82, 2.24) is 4.98 Å². The lowest BCUT2D eigenvalue weighted by molar-refractivity contribution is 0.0600. The van der Waals surface area contributed by atoms with Crippen molar-refractivity contribution in [1.29, 1.82) is 5.26 Å². The summed E-state index contributed by atoms with van der Waals surface area (Å²) in [4.78, 5) is 17.6. The maximum Gasteiger partial charge on any atom is 0.338 e. The van der Waals surface area contributed by atoms with Crippen molar-refractivity contribution in [2.75, 3.05) is 25.1 Å². The number of ether oxygens (including phenoxy) is 1. The second-order valence-corrected chi connectivity index (χ2v) is 3.96. The van der Waals surface area contributed by atoms with Crippen LogP contribution in [0.25, 0.3) is 0 Å². The van der Waals surface area contributed by atoms with Crippen LogP contribution >= 0.6 is 0 Å². The zero-order valence-corrected chi connectivity index (χ0v) is 10.9. The minimum Gasteiger partial charge on any atom is -0.465 e. The third kappa shape index (κ3) is 3.45. The molecule has 18 heavy (non-hydrogen) atoms. The Hall–Kier alpha value is -2.09. The lowest BCUT2D eigenvalue weighted by atomic mass is 10.2. The zero-order valence-electron chi connectivity index (χ0n) is 10.9. The molecule has 5 heteroatoms. The summed E-state index contributed by atoms with van der Waals surface area (Å²) in [5.74, 6) is 0.207. The van der Waals surface area contributed by atoms with E-state index >= 15 is 0 Å². The molecule has 1 heterocycles. The lowest BCUT2D eigenvalue weighted by Crippen LogP contribution is -2.28. The number of carbonyl (C=O) groups is 1. The maximum atomic E-state index is 11.4. The normalized spacial score (nSPS) is 11.4. The van der Waals surface area contributed by atoms with Gasteiger partial charge in [-0.2, -0.15) is 5.26 Å². The monoisotopic (exact) mass is 247 g/mol. The molecule has 0 aromatic carbocycles. The van der Waals surface area contributed by atoms with Gasteiger partial charge in [0.15, 0.2) is 0 Å². The summed E-state index contributed by atoms with van der Waals surface area (Å²) in [6.45, 7) is 5.15. The van der Waals surface area contributed by atoms with E-state index in [0.717, 1.165) is 6.54 Å². The molecule has 0 radical (unpaired) electrons. The Kier molecular flexibility index (Phi) is 5.12. The third-order valence-electron chi connectivity index (χ3n) is 2.59. The molecule has 0 spiro atoms. The van der Waals surface area contributed by atoms with E-state index in [0.29, 0.717) is 17.9 Å². The van der Waals surface area contributed by atoms with E-state index in [1.54, 1.807) is 18.3 Å². The highest BCUT2D eigenvalue weighted by Gasteiger charge is 2.13. The first-order valence-corrected chi connectivity index (χ1v) is 5.81. The molecular formula is C13H17N3O2. The predicted octanol–water partition coefficient (Wildman–Crippen LogP) is 1.85. The number of hydrogen-bond donors (Lipinski definition) is 0. The van der Waals surface area contributed by atoms with E-state index in [9.17, 15) is 4.79 Å². The van der Waals surface area contributed by atoms with E-state index < -0.39 is 0 Å². The molecule has 96 valence electrons. The van der Waals surface area contributed by atoms with Crippen LogP contribution in [0.4, 0.5) is 5.82 Å². The molecule has 0 bridgehead atoms. The van der Waals surface area contributed by atoms with Crippen LogP contribution in [0, 0.1) is 17.2 Å². The first kappa shape index (κ1) is 14.0. The lowest BCUT2D eigenvalue weighted by Gasteiger charge is -2.23. The van der Waals surface area contributed by atoms with E-state index in [2.05, 4.69) is 15.8 Å². The second-order valence-electron chi connectivity index (χ2n) is 3.96. The molecule has 0 saturated heterocycles. The summed E-state index contributed by atoms with van der Waals surface area (Å²) in [6.07, 6.45) is 1.57. The molecule has 0 saturated carbocycles. The molecular weight excluding hydrogens is 230 g/mol. The number of rotatable bonds is 5. The van der Waals surface area contributed by atoms with Gasteiger partial charge < -0.3 is 9.64 Å². The van der Waals surface area contributed by atoms with E-state index in [4.69, 9.17) is 5.26 Å². The average Bonchev–Trinajstić information content (AvgIpc) is 2.43. The SMILES string of the molecule is CCN(CC(C)C#N)c1cc(C(=O)OC)ccn1. The van der Waals surface area contributed by atoms with Crippen LogP contribution in [-0.4, -0.2) is 31.2 Å². The molecule has 1 unspecified atom stereocenters. The average molecular weight is 247 g/mol. The number of aromatic nitrogens is 1. The first-order valence-electron chi connectivity index (χ1n) is 5.81. The van der Waals surface area contributed by atoms with Crippen LogP contribution in [0.2, 0.25) is 0 Å². The smallest absolute Gasteiger partial charge is 0.338 e. The van der Waals surface area contributed by atoms with Gasteiger partial charge in [-0.1, -0.05) is 0 Å². The van der Waals surface area contributed by atoms with Gasteiger partial charge in [-0.3, -0.25) is 0 Å². The number of hydrogen-bond acceptors (Lipinski definition) is 5. The van der Waals surface area contributed by atoms with Crippen molar-refractivity contribution in [3.8, 4) is 6.07 Å². The predicted molar refractivity (Wildman–Crippen MR) is 68.2 cm³/mol. The number of nitrogens with zero attached hydrogens (tertiary/aromatic N) is 3. The fourth-order valence-electron chi connectivity index (χ4n) is 1.59. The fourth-order valence-corrected chi connectivity index (χ4v) is 1.59. The van der Waals surface area contributed by atoms with E-state index in [1.165, 1.54) is 7.11 Å². The molecule has 0 aliphatic carbocycles. The molecule has 0 amide bonds. The number of methoxy groups -OCH3 is 1. The summed E-state index contributed by atoms with van der Waals surface area (Å²) in [7, 11) is 1.35. The van der Waals surface area contributed by atoms with Crippen molar-refractivity contribution >= 4 is 11.8 Å². The minimum atomic E-state index is -0.386. The molecule has 0 N–H and O–H groups in total. The Labute approximate surface area is 107 Å². The number of carbonyl (C=O) groups excluding carboxylic acids is 1. The van der Waals surface area contributed by atoms with Gasteiger partial charge in [0, 0.05) is 19.3 Å². The molecule has 0 aliphatic heterocycles. The van der Waals surface area contributed by atoms with Crippen LogP contribution in [0.1, 0.15) is 24.2 Å². The fraction of sp³-hybridized carbons (Fsp3) is 0.462. The maximum absolute atomic E-state index is 11.4. The number of pyridine rings is 1. The van der Waals surface area contributed by atoms with Gasteiger partial charge in [0.25, 0.3) is 0 Å². The van der Waals surface area contributed by atoms with Gasteiger partial charge in [0.05, 0.1) is 24.7 Å². The van der Waals surface area contributed by atoms with Crippen molar-refractivity contribution in [2.45, 2.75) is 13.8 Å². The standard InChI is InChI=1S/C13H17N3O2/c1-4-16(9-10(2)8-14)12-7-11(5-6-15-12)13(17)18-3/h5-7,10H,4,9H2,1-3H3. The highest BCUT2D eigenvalue weighted by Crippen LogP contribution is 2.14. The van der Waals surface area contributed by atoms with Crippen LogP contribution < -0.4 is 4.90 Å². The van der Waals surface area contributed by atoms with Gasteiger partial charge in [0.1, 0.15) is 5.82 Å². The highest BCUT2D eigenvalue weighted by molar-refractivity contribution is 5.90. The van der Waals surface area contributed by atoms with Crippen molar-refractivity contribution < 1.29 is 9.53 Å². The van der Waals surface area contributed by atoms with Gasteiger partial charge in [0.2, 0.25) is 0 Å². The van der Waals surface area contributed by atoms with Crippen molar-refractivity contribution in [2.24, 2.45) is 5.92 Å². The Morgan fingerprint density at radius 3 is 2.94 bits per heavy atom. The third-order valence-corrected chi connectivity index (χ3v) is 2.59. The summed E-state index contributed by atoms with van der Waals surface area (Å²) in [6, 6.07) is 5.47. The minimum absolute atomic E-state index is 0.0893. The van der Waals surface area contributed by atoms with E-state index in [1.807, 2.05) is 18.7 Å². The van der Waals surface area contributed by atoms with Crippen molar-refractivity contribution in [3.63, 3.8) is 0 Å². The Morgan fingerprint density at radius 1 is 1.67 bits per heavy atom. The molecule has 0 fully saturated rings. The topological polar surface area (TPSA) is 66.2 Å². The molecule has 1 atom stereocenters. The summed E-state index contributed by atoms with van der Waals surface area (Å²) >= 11 is 0. The quantitative estimate of drug-likeness (QED) is 0.743. The molecule has 1 rings (SSSR count). The first-order chi connectivity index (χ1) is 8.62. The Bertz CT molecular complexity index is 454. The zero-order chi connectivity index (χ0) is 13.5. The summed E-state index contributed by atoms with van der Waals surface area (Å²) in [5.41, 5.74) is 0.463. The van der Waals surface area contributed by atoms with Crippen LogP contribution in [0.3, 0.4) is 0 Å². The Balaban J connectivity index is 2.93. The van der Waals surface area contributed by atoms with Gasteiger partial charge in [-0.25, -0.2) is 9.78 Å². The Morgan fingerprint density at radius 2 is 2.39 bits per heavy atom. The largest absolute Gasteiger partial charge is 0.465 e. The number of anilines is 1. The van der Waals surface area contributed by atoms with Gasteiger partial charge in [-0.05, 0) is 26.0 Å². The van der Waals surface area contributed by atoms with Gasteiger partial charge >= 0.3 is 5.97 Å². The molecule has 1 aromatic rings. The van der Waals surface area contributed by atoms with E-state index in [-0.39, 0.29) is 11.9 Å². The van der Waals surface area contributed by atoms with Gasteiger partial charge in [-0.15, -0.1) is 0 Å². The van der Waals surface area contributed by atoms with Crippen LogP contribution in [-0.2, 0) is 4.74 Å². The molecule has 1 aromatic heterocycles. The highest BCUT2D eigenvalue weighted by atomic mass is 16.5. The molecule has 0 aliphatic rings. The van der Waals surface area contributed by atoms with Crippen LogP contribution in [0.5, 0.6) is 0 Å². The number of nitriles is 1. The molecule has 5 nitrogen and oxygen atoms in total. The summed E-state index contributed by atoms with van der Waals surface area (Å²) < 4.78 is 4.67. The van der Waals surface area contributed by atoms with Crippen molar-refractivity contribution in [3.05, 3.63) is 23.9 Å². The second kappa shape index (κ2) is 6.60. The van der Waals surface area contributed by atoms with Crippen LogP contribution in [0.15, 0.2) is 18.3 Å². The summed E-state index contributed by atoms with van der Waals surface area (Å²) in [5, 5.41) is 8.84. The number of esters is 1.